The molecule has 1 rings (SSSR count). The third-order valence-corrected chi connectivity index (χ3v) is 3.05. The number of rotatable bonds is 5. The van der Waals surface area contributed by atoms with Crippen LogP contribution in [0, 0.1) is 0 Å². The highest BCUT2D eigenvalue weighted by Crippen LogP contribution is 2.34. The van der Waals surface area contributed by atoms with Crippen LogP contribution in [-0.4, -0.2) is 23.3 Å². The number of methoxy groups -OCH3 is 1. The van der Waals surface area contributed by atoms with Gasteiger partial charge in [0, 0.05) is 6.42 Å². The number of carboxylic acids is 1. The molecule has 0 aromatic heterocycles. The van der Waals surface area contributed by atoms with E-state index >= 15 is 0 Å². The zero-order chi connectivity index (χ0) is 14.6. The van der Waals surface area contributed by atoms with E-state index in [0.29, 0.717) is 0 Å². The molecule has 0 aliphatic heterocycles. The Balaban J connectivity index is 3.01. The van der Waals surface area contributed by atoms with Gasteiger partial charge in [0.25, 0.3) is 0 Å². The molecule has 0 amide bonds. The molecule has 0 saturated carbocycles. The van der Waals surface area contributed by atoms with E-state index in [2.05, 4.69) is 20.8 Å². The second-order valence-electron chi connectivity index (χ2n) is 5.66. The Morgan fingerprint density at radius 3 is 2.47 bits per heavy atom. The minimum Gasteiger partial charge on any atom is -0.496 e. The van der Waals surface area contributed by atoms with Crippen molar-refractivity contribution in [1.29, 1.82) is 0 Å². The summed E-state index contributed by atoms with van der Waals surface area (Å²) >= 11 is 0. The first-order chi connectivity index (χ1) is 8.75. The van der Waals surface area contributed by atoms with E-state index in [9.17, 15) is 9.90 Å². The first-order valence-electron chi connectivity index (χ1n) is 6.34. The molecule has 106 valence electrons. The van der Waals surface area contributed by atoms with Gasteiger partial charge in [-0.2, -0.15) is 0 Å². The summed E-state index contributed by atoms with van der Waals surface area (Å²) in [5.74, 6) is -0.120. The summed E-state index contributed by atoms with van der Waals surface area (Å²) in [5, 5.41) is 18.7. The number of aliphatic hydroxyl groups excluding tert-OH is 1. The molecule has 19 heavy (non-hydrogen) atoms. The van der Waals surface area contributed by atoms with Crippen LogP contribution >= 0.6 is 0 Å². The van der Waals surface area contributed by atoms with Crippen LogP contribution in [0.15, 0.2) is 18.2 Å². The van der Waals surface area contributed by atoms with Crippen molar-refractivity contribution in [2.45, 2.75) is 45.1 Å². The second kappa shape index (κ2) is 6.06. The summed E-state index contributed by atoms with van der Waals surface area (Å²) in [4.78, 5) is 10.5. The van der Waals surface area contributed by atoms with Gasteiger partial charge in [0.05, 0.1) is 13.2 Å². The van der Waals surface area contributed by atoms with Crippen LogP contribution in [0.4, 0.5) is 0 Å². The number of hydrogen-bond donors (Lipinski definition) is 2. The number of aliphatic carboxylic acids is 1. The summed E-state index contributed by atoms with van der Waals surface area (Å²) < 4.78 is 5.33. The van der Waals surface area contributed by atoms with Crippen LogP contribution in [-0.2, 0) is 10.2 Å². The Hall–Kier alpha value is -1.55. The predicted octanol–water partition coefficient (Wildman–Crippen LogP) is 2.89. The molecule has 0 aliphatic carbocycles. The zero-order valence-corrected chi connectivity index (χ0v) is 11.9. The van der Waals surface area contributed by atoms with E-state index in [4.69, 9.17) is 9.84 Å². The fourth-order valence-corrected chi connectivity index (χ4v) is 1.95. The van der Waals surface area contributed by atoms with E-state index in [1.807, 2.05) is 12.1 Å². The lowest BCUT2D eigenvalue weighted by Gasteiger charge is -2.24. The molecule has 0 radical (unpaired) electrons. The van der Waals surface area contributed by atoms with Gasteiger partial charge >= 0.3 is 5.97 Å². The quantitative estimate of drug-likeness (QED) is 0.860. The first-order valence-corrected chi connectivity index (χ1v) is 6.34. The molecule has 1 unspecified atom stereocenters. The van der Waals surface area contributed by atoms with E-state index < -0.39 is 12.1 Å². The molecule has 0 saturated heterocycles. The van der Waals surface area contributed by atoms with Crippen molar-refractivity contribution in [2.24, 2.45) is 0 Å². The lowest BCUT2D eigenvalue weighted by Crippen LogP contribution is -2.14. The highest BCUT2D eigenvalue weighted by atomic mass is 16.5. The number of aliphatic hydroxyl groups is 1. The van der Waals surface area contributed by atoms with E-state index in [1.165, 1.54) is 0 Å². The summed E-state index contributed by atoms with van der Waals surface area (Å²) in [6, 6.07) is 5.49. The largest absolute Gasteiger partial charge is 0.496 e. The Morgan fingerprint density at radius 1 is 1.37 bits per heavy atom. The van der Waals surface area contributed by atoms with Crippen molar-refractivity contribution in [3.63, 3.8) is 0 Å². The SMILES string of the molecule is COc1ccc(C(O)CCC(=O)O)cc1C(C)(C)C. The van der Waals surface area contributed by atoms with Gasteiger partial charge in [0.15, 0.2) is 0 Å². The molecule has 0 spiro atoms. The maximum atomic E-state index is 10.5. The van der Waals surface area contributed by atoms with Crippen molar-refractivity contribution < 1.29 is 19.7 Å². The summed E-state index contributed by atoms with van der Waals surface area (Å²) in [7, 11) is 1.62. The first kappa shape index (κ1) is 15.5. The molecule has 0 bridgehead atoms. The monoisotopic (exact) mass is 266 g/mol. The molecular formula is C15H22O4. The molecule has 4 heteroatoms. The summed E-state index contributed by atoms with van der Waals surface area (Å²) in [6.07, 6.45) is -0.591. The third kappa shape index (κ3) is 4.24. The van der Waals surface area contributed by atoms with Crippen molar-refractivity contribution >= 4 is 5.97 Å². The fraction of sp³-hybridized carbons (Fsp3) is 0.533. The Bertz CT molecular complexity index is 446. The lowest BCUT2D eigenvalue weighted by molar-refractivity contribution is -0.137. The normalized spacial score (nSPS) is 13.1. The van der Waals surface area contributed by atoms with Crippen molar-refractivity contribution in [1.82, 2.24) is 0 Å². The average molecular weight is 266 g/mol. The smallest absolute Gasteiger partial charge is 0.303 e. The van der Waals surface area contributed by atoms with Crippen LogP contribution < -0.4 is 4.74 Å². The molecular weight excluding hydrogens is 244 g/mol. The van der Waals surface area contributed by atoms with Crippen molar-refractivity contribution in [3.05, 3.63) is 29.3 Å². The predicted molar refractivity (Wildman–Crippen MR) is 73.5 cm³/mol. The molecule has 1 aromatic rings. The number of ether oxygens (including phenoxy) is 1. The van der Waals surface area contributed by atoms with Gasteiger partial charge in [-0.05, 0) is 35.1 Å². The highest BCUT2D eigenvalue weighted by Gasteiger charge is 2.21. The van der Waals surface area contributed by atoms with Crippen LogP contribution in [0.1, 0.15) is 50.8 Å². The standard InChI is InChI=1S/C15H22O4/c1-15(2,3)11-9-10(5-7-13(11)19-4)12(16)6-8-14(17)18/h5,7,9,12,16H,6,8H2,1-4H3,(H,17,18). The van der Waals surface area contributed by atoms with Gasteiger partial charge < -0.3 is 14.9 Å². The number of hydrogen-bond acceptors (Lipinski definition) is 3. The van der Waals surface area contributed by atoms with Gasteiger partial charge in [0.2, 0.25) is 0 Å². The molecule has 4 nitrogen and oxygen atoms in total. The van der Waals surface area contributed by atoms with Crippen molar-refractivity contribution in [2.75, 3.05) is 7.11 Å². The lowest BCUT2D eigenvalue weighted by atomic mass is 9.84. The van der Waals surface area contributed by atoms with Crippen LogP contribution in [0.3, 0.4) is 0 Å². The minimum atomic E-state index is -0.899. The van der Waals surface area contributed by atoms with Gasteiger partial charge in [-0.3, -0.25) is 4.79 Å². The molecule has 0 heterocycles. The summed E-state index contributed by atoms with van der Waals surface area (Å²) in [5.41, 5.74) is 1.63. The Morgan fingerprint density at radius 2 is 2.00 bits per heavy atom. The average Bonchev–Trinajstić information content (AvgIpc) is 2.34. The molecule has 1 atom stereocenters. The maximum Gasteiger partial charge on any atom is 0.303 e. The minimum absolute atomic E-state index is 0.0436. The van der Waals surface area contributed by atoms with E-state index in [1.54, 1.807) is 13.2 Å². The Kier molecular flexibility index (Phi) is 4.95. The number of carboxylic acid groups (broad SMARTS) is 1. The molecule has 0 aliphatic rings. The number of benzene rings is 1. The third-order valence-electron chi connectivity index (χ3n) is 3.05. The van der Waals surface area contributed by atoms with Gasteiger partial charge in [-0.1, -0.05) is 26.8 Å². The topological polar surface area (TPSA) is 66.8 Å². The van der Waals surface area contributed by atoms with E-state index in [0.717, 1.165) is 16.9 Å². The summed E-state index contributed by atoms with van der Waals surface area (Å²) in [6.45, 7) is 6.20. The van der Waals surface area contributed by atoms with Crippen LogP contribution in [0.25, 0.3) is 0 Å². The van der Waals surface area contributed by atoms with Gasteiger partial charge in [-0.25, -0.2) is 0 Å². The van der Waals surface area contributed by atoms with Gasteiger partial charge in [0.1, 0.15) is 5.75 Å². The highest BCUT2D eigenvalue weighted by molar-refractivity contribution is 5.66. The fourth-order valence-electron chi connectivity index (χ4n) is 1.95. The van der Waals surface area contributed by atoms with Crippen molar-refractivity contribution in [3.8, 4) is 5.75 Å². The van der Waals surface area contributed by atoms with Crippen LogP contribution in [0.2, 0.25) is 0 Å². The molecule has 1 aromatic carbocycles. The molecule has 2 N–H and O–H groups in total. The van der Waals surface area contributed by atoms with Crippen LogP contribution in [0.5, 0.6) is 5.75 Å². The maximum absolute atomic E-state index is 10.5. The number of carbonyl (C=O) groups is 1. The second-order valence-corrected chi connectivity index (χ2v) is 5.66. The zero-order valence-electron chi connectivity index (χ0n) is 11.9. The molecule has 0 fully saturated rings. The van der Waals surface area contributed by atoms with E-state index in [-0.39, 0.29) is 18.3 Å². The Labute approximate surface area is 114 Å². The van der Waals surface area contributed by atoms with Gasteiger partial charge in [-0.15, -0.1) is 0 Å².